The number of thioether (sulfide) groups is 1. The molecule has 1 N–H and O–H groups in total. The van der Waals surface area contributed by atoms with Crippen LogP contribution in [-0.4, -0.2) is 16.5 Å². The molecule has 0 saturated heterocycles. The Balaban J connectivity index is 1.86. The minimum Gasteiger partial charge on any atom is -0.311 e. The zero-order valence-corrected chi connectivity index (χ0v) is 12.9. The lowest BCUT2D eigenvalue weighted by Gasteiger charge is -2.07. The fourth-order valence-corrected chi connectivity index (χ4v) is 2.55. The van der Waals surface area contributed by atoms with Gasteiger partial charge in [-0.15, -0.1) is 11.8 Å². The van der Waals surface area contributed by atoms with Crippen LogP contribution in [0.2, 0.25) is 0 Å². The Labute approximate surface area is 125 Å². The molecular weight excluding hydrogens is 266 g/mol. The maximum atomic E-state index is 4.59. The molecular formula is C16H21N3S. The quantitative estimate of drug-likeness (QED) is 0.791. The summed E-state index contributed by atoms with van der Waals surface area (Å²) in [5, 5.41) is 3.41. The van der Waals surface area contributed by atoms with Crippen molar-refractivity contribution in [2.75, 3.05) is 6.54 Å². The average molecular weight is 287 g/mol. The van der Waals surface area contributed by atoms with Gasteiger partial charge in [-0.2, -0.15) is 0 Å². The highest BCUT2D eigenvalue weighted by molar-refractivity contribution is 7.98. The van der Waals surface area contributed by atoms with Crippen LogP contribution in [0, 0.1) is 5.92 Å². The highest BCUT2D eigenvalue weighted by Crippen LogP contribution is 2.20. The van der Waals surface area contributed by atoms with Crippen molar-refractivity contribution in [1.29, 1.82) is 0 Å². The molecule has 0 aliphatic heterocycles. The predicted molar refractivity (Wildman–Crippen MR) is 84.6 cm³/mol. The van der Waals surface area contributed by atoms with Gasteiger partial charge >= 0.3 is 0 Å². The van der Waals surface area contributed by atoms with Gasteiger partial charge in [-0.05, 0) is 30.7 Å². The van der Waals surface area contributed by atoms with E-state index in [9.17, 15) is 0 Å². The lowest BCUT2D eigenvalue weighted by atomic mass is 10.2. The van der Waals surface area contributed by atoms with Gasteiger partial charge in [0, 0.05) is 17.6 Å². The molecule has 3 nitrogen and oxygen atoms in total. The Bertz CT molecular complexity index is 514. The Morgan fingerprint density at radius 1 is 1.15 bits per heavy atom. The molecule has 1 heterocycles. The van der Waals surface area contributed by atoms with Crippen LogP contribution in [0.1, 0.15) is 25.4 Å². The van der Waals surface area contributed by atoms with E-state index in [4.69, 9.17) is 0 Å². The van der Waals surface area contributed by atoms with E-state index < -0.39 is 0 Å². The van der Waals surface area contributed by atoms with Gasteiger partial charge in [-0.1, -0.05) is 32.0 Å². The maximum absolute atomic E-state index is 4.59. The van der Waals surface area contributed by atoms with Gasteiger partial charge in [0.2, 0.25) is 0 Å². The van der Waals surface area contributed by atoms with Crippen molar-refractivity contribution < 1.29 is 0 Å². The Morgan fingerprint density at radius 2 is 1.95 bits per heavy atom. The standard InChI is InChI=1S/C16H21N3S/c1-13(2)10-17-11-14-8-9-18-16(19-14)12-20-15-6-4-3-5-7-15/h3-9,13,17H,10-12H2,1-2H3. The summed E-state index contributed by atoms with van der Waals surface area (Å²) in [6.07, 6.45) is 1.85. The van der Waals surface area contributed by atoms with Crippen molar-refractivity contribution in [2.24, 2.45) is 5.92 Å². The average Bonchev–Trinajstić information content (AvgIpc) is 2.46. The summed E-state index contributed by atoms with van der Waals surface area (Å²) in [7, 11) is 0. The molecule has 0 amide bonds. The number of nitrogens with zero attached hydrogens (tertiary/aromatic N) is 2. The summed E-state index contributed by atoms with van der Waals surface area (Å²) in [6.45, 7) is 6.23. The molecule has 2 aromatic rings. The molecule has 0 atom stereocenters. The summed E-state index contributed by atoms with van der Waals surface area (Å²) in [5.74, 6) is 2.36. The van der Waals surface area contributed by atoms with Crippen LogP contribution in [0.3, 0.4) is 0 Å². The SMILES string of the molecule is CC(C)CNCc1ccnc(CSc2ccccc2)n1. The molecule has 0 unspecified atom stereocenters. The molecule has 0 aliphatic carbocycles. The molecule has 2 rings (SSSR count). The second kappa shape index (κ2) is 8.02. The molecule has 20 heavy (non-hydrogen) atoms. The Kier molecular flexibility index (Phi) is 6.02. The van der Waals surface area contributed by atoms with Crippen LogP contribution in [0.4, 0.5) is 0 Å². The van der Waals surface area contributed by atoms with Gasteiger partial charge in [0.15, 0.2) is 0 Å². The molecule has 0 saturated carbocycles. The first-order valence-electron chi connectivity index (χ1n) is 6.93. The largest absolute Gasteiger partial charge is 0.311 e. The Hall–Kier alpha value is -1.39. The van der Waals surface area contributed by atoms with Crippen LogP contribution >= 0.6 is 11.8 Å². The molecule has 0 aliphatic rings. The number of benzene rings is 1. The second-order valence-corrected chi connectivity index (χ2v) is 6.14. The molecule has 0 radical (unpaired) electrons. The molecule has 1 aromatic heterocycles. The summed E-state index contributed by atoms with van der Waals surface area (Å²) < 4.78 is 0. The van der Waals surface area contributed by atoms with Gasteiger partial charge in [-0.25, -0.2) is 9.97 Å². The monoisotopic (exact) mass is 287 g/mol. The lowest BCUT2D eigenvalue weighted by Crippen LogP contribution is -2.19. The van der Waals surface area contributed by atoms with E-state index in [0.717, 1.165) is 30.4 Å². The number of aromatic nitrogens is 2. The van der Waals surface area contributed by atoms with E-state index in [1.165, 1.54) is 4.90 Å². The number of hydrogen-bond acceptors (Lipinski definition) is 4. The smallest absolute Gasteiger partial charge is 0.138 e. The van der Waals surface area contributed by atoms with Gasteiger partial charge in [-0.3, -0.25) is 0 Å². The van der Waals surface area contributed by atoms with Crippen molar-refractivity contribution >= 4 is 11.8 Å². The van der Waals surface area contributed by atoms with Crippen LogP contribution < -0.4 is 5.32 Å². The summed E-state index contributed by atoms with van der Waals surface area (Å²) in [5.41, 5.74) is 1.06. The first kappa shape index (κ1) is 15.0. The zero-order valence-electron chi connectivity index (χ0n) is 12.0. The topological polar surface area (TPSA) is 37.8 Å². The summed E-state index contributed by atoms with van der Waals surface area (Å²) >= 11 is 1.77. The van der Waals surface area contributed by atoms with E-state index in [1.54, 1.807) is 11.8 Å². The zero-order chi connectivity index (χ0) is 14.2. The van der Waals surface area contributed by atoms with Crippen LogP contribution in [0.25, 0.3) is 0 Å². The molecule has 4 heteroatoms. The highest BCUT2D eigenvalue weighted by Gasteiger charge is 2.01. The van der Waals surface area contributed by atoms with Crippen molar-refractivity contribution in [3.63, 3.8) is 0 Å². The van der Waals surface area contributed by atoms with E-state index in [1.807, 2.05) is 18.3 Å². The number of rotatable bonds is 7. The van der Waals surface area contributed by atoms with Crippen LogP contribution in [0.15, 0.2) is 47.5 Å². The third-order valence-electron chi connectivity index (χ3n) is 2.73. The van der Waals surface area contributed by atoms with E-state index in [-0.39, 0.29) is 0 Å². The predicted octanol–water partition coefficient (Wildman–Crippen LogP) is 3.51. The molecule has 0 spiro atoms. The normalized spacial score (nSPS) is 10.9. The fourth-order valence-electron chi connectivity index (χ4n) is 1.76. The van der Waals surface area contributed by atoms with E-state index in [2.05, 4.69) is 53.4 Å². The molecule has 106 valence electrons. The van der Waals surface area contributed by atoms with Gasteiger partial charge in [0.1, 0.15) is 5.82 Å². The number of hydrogen-bond donors (Lipinski definition) is 1. The third kappa shape index (κ3) is 5.31. The van der Waals surface area contributed by atoms with Crippen molar-refractivity contribution in [3.05, 3.63) is 54.1 Å². The minimum absolute atomic E-state index is 0.657. The van der Waals surface area contributed by atoms with Gasteiger partial charge < -0.3 is 5.32 Å². The van der Waals surface area contributed by atoms with E-state index in [0.29, 0.717) is 5.92 Å². The summed E-state index contributed by atoms with van der Waals surface area (Å²) in [6, 6.07) is 12.3. The Morgan fingerprint density at radius 3 is 2.70 bits per heavy atom. The number of nitrogens with one attached hydrogen (secondary N) is 1. The first-order chi connectivity index (χ1) is 9.74. The minimum atomic E-state index is 0.657. The van der Waals surface area contributed by atoms with Gasteiger partial charge in [0.25, 0.3) is 0 Å². The molecule has 1 aromatic carbocycles. The van der Waals surface area contributed by atoms with Crippen molar-refractivity contribution in [3.8, 4) is 0 Å². The third-order valence-corrected chi connectivity index (χ3v) is 3.74. The van der Waals surface area contributed by atoms with E-state index >= 15 is 0 Å². The van der Waals surface area contributed by atoms with Crippen LogP contribution in [-0.2, 0) is 12.3 Å². The molecule has 0 fully saturated rings. The second-order valence-electron chi connectivity index (χ2n) is 5.09. The molecule has 0 bridgehead atoms. The van der Waals surface area contributed by atoms with Crippen LogP contribution in [0.5, 0.6) is 0 Å². The van der Waals surface area contributed by atoms with Crippen molar-refractivity contribution in [1.82, 2.24) is 15.3 Å². The highest BCUT2D eigenvalue weighted by atomic mass is 32.2. The van der Waals surface area contributed by atoms with Gasteiger partial charge in [0.05, 0.1) is 11.4 Å². The summed E-state index contributed by atoms with van der Waals surface area (Å²) in [4.78, 5) is 10.2. The fraction of sp³-hybridized carbons (Fsp3) is 0.375. The lowest BCUT2D eigenvalue weighted by molar-refractivity contribution is 0.547. The first-order valence-corrected chi connectivity index (χ1v) is 7.92. The van der Waals surface area contributed by atoms with Crippen molar-refractivity contribution in [2.45, 2.75) is 31.0 Å². The maximum Gasteiger partial charge on any atom is 0.138 e.